The fourth-order valence-corrected chi connectivity index (χ4v) is 1.29. The molecule has 0 atom stereocenters. The quantitative estimate of drug-likeness (QED) is 0.737. The van der Waals surface area contributed by atoms with Gasteiger partial charge in [0.15, 0.2) is 0 Å². The van der Waals surface area contributed by atoms with Crippen LogP contribution >= 0.6 is 0 Å². The molecule has 0 bridgehead atoms. The first kappa shape index (κ1) is 12.4. The van der Waals surface area contributed by atoms with Crippen molar-refractivity contribution in [3.8, 4) is 6.07 Å². The lowest BCUT2D eigenvalue weighted by Crippen LogP contribution is -2.18. The van der Waals surface area contributed by atoms with E-state index in [1.807, 2.05) is 36.4 Å². The molecular weight excluding hydrogens is 200 g/mol. The maximum absolute atomic E-state index is 8.88. The Morgan fingerprint density at radius 2 is 2.25 bits per heavy atom. The fourth-order valence-electron chi connectivity index (χ4n) is 1.29. The summed E-state index contributed by atoms with van der Waals surface area (Å²) in [6.45, 7) is 2.33. The van der Waals surface area contributed by atoms with E-state index in [-0.39, 0.29) is 0 Å². The van der Waals surface area contributed by atoms with Gasteiger partial charge in [-0.1, -0.05) is 30.4 Å². The summed E-state index contributed by atoms with van der Waals surface area (Å²) < 4.78 is 4.91. The second kappa shape index (κ2) is 7.63. The smallest absolute Gasteiger partial charge is 0.0997 e. The molecule has 84 valence electrons. The minimum absolute atomic E-state index is 0.704. The minimum atomic E-state index is 0.704. The van der Waals surface area contributed by atoms with Crippen molar-refractivity contribution in [1.82, 2.24) is 5.32 Å². The zero-order chi connectivity index (χ0) is 11.6. The lowest BCUT2D eigenvalue weighted by molar-refractivity contribution is 0.200. The van der Waals surface area contributed by atoms with Gasteiger partial charge < -0.3 is 10.1 Å². The van der Waals surface area contributed by atoms with Crippen molar-refractivity contribution in [3.63, 3.8) is 0 Å². The number of ether oxygens (including phenoxy) is 1. The molecule has 0 saturated carbocycles. The maximum atomic E-state index is 8.88. The first-order valence-corrected chi connectivity index (χ1v) is 5.24. The van der Waals surface area contributed by atoms with Crippen LogP contribution in [0.3, 0.4) is 0 Å². The summed E-state index contributed by atoms with van der Waals surface area (Å²) in [5.41, 5.74) is 1.66. The third kappa shape index (κ3) is 4.26. The monoisotopic (exact) mass is 216 g/mol. The summed E-state index contributed by atoms with van der Waals surface area (Å²) >= 11 is 0. The van der Waals surface area contributed by atoms with Gasteiger partial charge >= 0.3 is 0 Å². The molecule has 0 unspecified atom stereocenters. The van der Waals surface area contributed by atoms with E-state index in [9.17, 15) is 0 Å². The molecule has 0 heterocycles. The lowest BCUT2D eigenvalue weighted by Gasteiger charge is -1.99. The molecule has 0 amide bonds. The molecule has 0 aliphatic carbocycles. The predicted octanol–water partition coefficient (Wildman–Crippen LogP) is 1.81. The molecule has 3 nitrogen and oxygen atoms in total. The highest BCUT2D eigenvalue weighted by molar-refractivity contribution is 5.57. The van der Waals surface area contributed by atoms with Crippen molar-refractivity contribution < 1.29 is 4.74 Å². The van der Waals surface area contributed by atoms with Crippen LogP contribution in [-0.4, -0.2) is 26.8 Å². The Bertz CT molecular complexity index is 380. The molecule has 0 aliphatic heterocycles. The number of nitrogens with zero attached hydrogens (tertiary/aromatic N) is 1. The summed E-state index contributed by atoms with van der Waals surface area (Å²) in [4.78, 5) is 0. The van der Waals surface area contributed by atoms with Gasteiger partial charge in [0.05, 0.1) is 18.2 Å². The van der Waals surface area contributed by atoms with Crippen molar-refractivity contribution >= 4 is 6.08 Å². The first-order chi connectivity index (χ1) is 7.88. The summed E-state index contributed by atoms with van der Waals surface area (Å²) in [7, 11) is 1.68. The first-order valence-electron chi connectivity index (χ1n) is 5.24. The Morgan fingerprint density at radius 3 is 3.00 bits per heavy atom. The third-order valence-corrected chi connectivity index (χ3v) is 2.12. The molecule has 1 N–H and O–H groups in total. The third-order valence-electron chi connectivity index (χ3n) is 2.12. The molecule has 1 aromatic rings. The zero-order valence-corrected chi connectivity index (χ0v) is 9.44. The van der Waals surface area contributed by atoms with E-state index in [2.05, 4.69) is 11.4 Å². The molecular formula is C13H16N2O. The number of hydrogen-bond acceptors (Lipinski definition) is 3. The standard InChI is InChI=1S/C13H16N2O/c1-16-10-9-15-8-4-7-12-5-2-3-6-13(12)11-14/h2-7,15H,8-10H2,1H3/b7-4+. The van der Waals surface area contributed by atoms with Crippen LogP contribution in [0, 0.1) is 11.3 Å². The lowest BCUT2D eigenvalue weighted by atomic mass is 10.1. The van der Waals surface area contributed by atoms with Crippen LogP contribution in [0.1, 0.15) is 11.1 Å². The maximum Gasteiger partial charge on any atom is 0.0997 e. The predicted molar refractivity (Wildman–Crippen MR) is 64.9 cm³/mol. The molecule has 1 rings (SSSR count). The average Bonchev–Trinajstić information content (AvgIpc) is 2.34. The summed E-state index contributed by atoms with van der Waals surface area (Å²) in [6.07, 6.45) is 3.96. The number of hydrogen-bond donors (Lipinski definition) is 1. The van der Waals surface area contributed by atoms with Gasteiger partial charge in [0.25, 0.3) is 0 Å². The van der Waals surface area contributed by atoms with Crippen LogP contribution in [0.25, 0.3) is 6.08 Å². The van der Waals surface area contributed by atoms with Crippen LogP contribution in [0.5, 0.6) is 0 Å². The van der Waals surface area contributed by atoms with Crippen molar-refractivity contribution in [1.29, 1.82) is 5.26 Å². The fraction of sp³-hybridized carbons (Fsp3) is 0.308. The average molecular weight is 216 g/mol. The van der Waals surface area contributed by atoms with Gasteiger partial charge in [-0.25, -0.2) is 0 Å². The van der Waals surface area contributed by atoms with Gasteiger partial charge in [-0.05, 0) is 11.6 Å². The number of methoxy groups -OCH3 is 1. The van der Waals surface area contributed by atoms with E-state index < -0.39 is 0 Å². The normalized spacial score (nSPS) is 10.5. The highest BCUT2D eigenvalue weighted by atomic mass is 16.5. The molecule has 0 saturated heterocycles. The van der Waals surface area contributed by atoms with E-state index >= 15 is 0 Å². The molecule has 0 radical (unpaired) electrons. The highest BCUT2D eigenvalue weighted by Gasteiger charge is 1.94. The molecule has 0 aliphatic rings. The molecule has 0 aromatic heterocycles. The van der Waals surface area contributed by atoms with E-state index in [0.29, 0.717) is 12.2 Å². The van der Waals surface area contributed by atoms with Crippen LogP contribution in [0.4, 0.5) is 0 Å². The second-order valence-corrected chi connectivity index (χ2v) is 3.30. The number of rotatable bonds is 6. The topological polar surface area (TPSA) is 45.0 Å². The summed E-state index contributed by atoms with van der Waals surface area (Å²) in [5.74, 6) is 0. The Labute approximate surface area is 96.4 Å². The van der Waals surface area contributed by atoms with Crippen LogP contribution < -0.4 is 5.32 Å². The SMILES string of the molecule is COCCNC/C=C/c1ccccc1C#N. The largest absolute Gasteiger partial charge is 0.383 e. The Kier molecular flexibility index (Phi) is 5.94. The van der Waals surface area contributed by atoms with Crippen LogP contribution in [0.15, 0.2) is 30.3 Å². The summed E-state index contributed by atoms with van der Waals surface area (Å²) in [5, 5.41) is 12.1. The molecule has 3 heteroatoms. The second-order valence-electron chi connectivity index (χ2n) is 3.30. The van der Waals surface area contributed by atoms with E-state index in [1.165, 1.54) is 0 Å². The zero-order valence-electron chi connectivity index (χ0n) is 9.44. The van der Waals surface area contributed by atoms with E-state index in [0.717, 1.165) is 18.7 Å². The summed E-state index contributed by atoms with van der Waals surface area (Å²) in [6, 6.07) is 9.71. The van der Waals surface area contributed by atoms with Crippen LogP contribution in [0.2, 0.25) is 0 Å². The molecule has 0 spiro atoms. The van der Waals surface area contributed by atoms with Gasteiger partial charge in [-0.2, -0.15) is 5.26 Å². The van der Waals surface area contributed by atoms with Gasteiger partial charge in [-0.3, -0.25) is 0 Å². The highest BCUT2D eigenvalue weighted by Crippen LogP contribution is 2.08. The van der Waals surface area contributed by atoms with E-state index in [4.69, 9.17) is 10.00 Å². The van der Waals surface area contributed by atoms with Gasteiger partial charge in [0, 0.05) is 20.2 Å². The van der Waals surface area contributed by atoms with Crippen molar-refractivity contribution in [2.45, 2.75) is 0 Å². The molecule has 0 fully saturated rings. The minimum Gasteiger partial charge on any atom is -0.383 e. The number of benzene rings is 1. The van der Waals surface area contributed by atoms with Crippen molar-refractivity contribution in [2.75, 3.05) is 26.8 Å². The molecule has 1 aromatic carbocycles. The van der Waals surface area contributed by atoms with Gasteiger partial charge in [-0.15, -0.1) is 0 Å². The van der Waals surface area contributed by atoms with Crippen molar-refractivity contribution in [2.24, 2.45) is 0 Å². The number of nitrogens with one attached hydrogen (secondary N) is 1. The van der Waals surface area contributed by atoms with Gasteiger partial charge in [0.1, 0.15) is 0 Å². The van der Waals surface area contributed by atoms with Gasteiger partial charge in [0.2, 0.25) is 0 Å². The Hall–Kier alpha value is -1.63. The molecule has 16 heavy (non-hydrogen) atoms. The van der Waals surface area contributed by atoms with E-state index in [1.54, 1.807) is 7.11 Å². The Morgan fingerprint density at radius 1 is 1.44 bits per heavy atom. The number of nitriles is 1. The van der Waals surface area contributed by atoms with Crippen molar-refractivity contribution in [3.05, 3.63) is 41.5 Å². The van der Waals surface area contributed by atoms with Crippen LogP contribution in [-0.2, 0) is 4.74 Å². The Balaban J connectivity index is 2.41.